The van der Waals surface area contributed by atoms with Crippen molar-refractivity contribution in [3.63, 3.8) is 0 Å². The largest absolute Gasteiger partial charge is 0.387 e. The number of carbonyl (C=O) groups excluding carboxylic acids is 1. The van der Waals surface area contributed by atoms with E-state index < -0.39 is 17.5 Å². The summed E-state index contributed by atoms with van der Waals surface area (Å²) in [5, 5.41) is 9.01. The number of nitrogens with one attached hydrogen (secondary N) is 2. The average molecular weight is 213 g/mol. The minimum atomic E-state index is -0.869. The van der Waals surface area contributed by atoms with E-state index in [2.05, 4.69) is 5.32 Å². The van der Waals surface area contributed by atoms with Gasteiger partial charge in [0.25, 0.3) is 0 Å². The van der Waals surface area contributed by atoms with Crippen molar-refractivity contribution < 1.29 is 13.6 Å². The Balaban J connectivity index is 2.72. The number of hydrogen-bond acceptors (Lipinski definition) is 2. The van der Waals surface area contributed by atoms with Gasteiger partial charge in [0.15, 0.2) is 0 Å². The van der Waals surface area contributed by atoms with Gasteiger partial charge in [-0.1, -0.05) is 0 Å². The molecule has 1 aromatic carbocycles. The van der Waals surface area contributed by atoms with E-state index in [0.717, 1.165) is 12.1 Å². The van der Waals surface area contributed by atoms with Gasteiger partial charge in [0, 0.05) is 6.07 Å². The maximum atomic E-state index is 13.0. The number of halogens is 2. The third-order valence-corrected chi connectivity index (χ3v) is 1.56. The number of amides is 1. The zero-order valence-corrected chi connectivity index (χ0v) is 7.68. The van der Waals surface area contributed by atoms with E-state index in [4.69, 9.17) is 11.1 Å². The lowest BCUT2D eigenvalue weighted by atomic mass is 10.3. The van der Waals surface area contributed by atoms with Crippen LogP contribution in [0.3, 0.4) is 0 Å². The first-order valence-electron chi connectivity index (χ1n) is 4.07. The number of carbonyl (C=O) groups is 1. The molecular formula is C9H9F2N3O. The maximum Gasteiger partial charge on any atom is 0.231 e. The third kappa shape index (κ3) is 3.34. The Kier molecular flexibility index (Phi) is 3.33. The molecule has 0 fully saturated rings. The van der Waals surface area contributed by atoms with Crippen LogP contribution in [0.1, 0.15) is 6.42 Å². The molecule has 1 rings (SSSR count). The van der Waals surface area contributed by atoms with E-state index in [1.807, 2.05) is 0 Å². The van der Waals surface area contributed by atoms with Gasteiger partial charge in [-0.2, -0.15) is 0 Å². The highest BCUT2D eigenvalue weighted by molar-refractivity contribution is 6.03. The fraction of sp³-hybridized carbons (Fsp3) is 0.111. The Bertz CT molecular complexity index is 406. The summed E-state index contributed by atoms with van der Waals surface area (Å²) in [6, 6.07) is 2.78. The van der Waals surface area contributed by atoms with Gasteiger partial charge in [-0.15, -0.1) is 0 Å². The Morgan fingerprint density at radius 2 is 2.13 bits per heavy atom. The van der Waals surface area contributed by atoms with Gasteiger partial charge in [-0.05, 0) is 12.1 Å². The zero-order chi connectivity index (χ0) is 11.4. The molecule has 0 aromatic heterocycles. The minimum absolute atomic E-state index is 0.136. The van der Waals surface area contributed by atoms with E-state index in [9.17, 15) is 13.6 Å². The van der Waals surface area contributed by atoms with Gasteiger partial charge in [-0.25, -0.2) is 8.78 Å². The summed E-state index contributed by atoms with van der Waals surface area (Å²) in [4.78, 5) is 11.1. The van der Waals surface area contributed by atoms with Gasteiger partial charge in [0.05, 0.1) is 12.1 Å². The highest BCUT2D eigenvalue weighted by atomic mass is 19.1. The summed E-state index contributed by atoms with van der Waals surface area (Å²) >= 11 is 0. The number of benzene rings is 1. The summed E-state index contributed by atoms with van der Waals surface area (Å²) in [6.45, 7) is 0. The van der Waals surface area contributed by atoms with Crippen LogP contribution in [0.15, 0.2) is 18.2 Å². The van der Waals surface area contributed by atoms with Crippen LogP contribution >= 0.6 is 0 Å². The van der Waals surface area contributed by atoms with Crippen molar-refractivity contribution >= 4 is 17.4 Å². The normalized spacial score (nSPS) is 9.73. The molecule has 4 nitrogen and oxygen atoms in total. The molecule has 0 unspecified atom stereocenters. The Labute approximate surface area is 84.6 Å². The van der Waals surface area contributed by atoms with Crippen LogP contribution in [0.2, 0.25) is 0 Å². The van der Waals surface area contributed by atoms with Crippen LogP contribution in [-0.4, -0.2) is 11.7 Å². The first-order valence-corrected chi connectivity index (χ1v) is 4.07. The summed E-state index contributed by atoms with van der Waals surface area (Å²) < 4.78 is 25.5. The second-order valence-corrected chi connectivity index (χ2v) is 2.87. The molecule has 80 valence electrons. The summed E-state index contributed by atoms with van der Waals surface area (Å²) in [5.74, 6) is -2.54. The first kappa shape index (κ1) is 11.1. The minimum Gasteiger partial charge on any atom is -0.387 e. The van der Waals surface area contributed by atoms with Crippen molar-refractivity contribution in [1.29, 1.82) is 5.41 Å². The molecule has 0 saturated carbocycles. The molecule has 15 heavy (non-hydrogen) atoms. The second kappa shape index (κ2) is 4.50. The number of nitrogens with two attached hydrogens (primary N) is 1. The average Bonchev–Trinajstić information content (AvgIpc) is 2.08. The number of anilines is 1. The molecule has 0 aliphatic rings. The van der Waals surface area contributed by atoms with Gasteiger partial charge >= 0.3 is 0 Å². The number of amidine groups is 1. The smallest absolute Gasteiger partial charge is 0.231 e. The van der Waals surface area contributed by atoms with E-state index in [-0.39, 0.29) is 17.9 Å². The number of hydrogen-bond donors (Lipinski definition) is 3. The Morgan fingerprint density at radius 3 is 2.67 bits per heavy atom. The van der Waals surface area contributed by atoms with Crippen LogP contribution in [0, 0.1) is 17.0 Å². The summed E-state index contributed by atoms with van der Waals surface area (Å²) in [7, 11) is 0. The second-order valence-electron chi connectivity index (χ2n) is 2.87. The first-order chi connectivity index (χ1) is 6.99. The van der Waals surface area contributed by atoms with E-state index >= 15 is 0 Å². The van der Waals surface area contributed by atoms with Crippen molar-refractivity contribution in [2.75, 3.05) is 5.32 Å². The molecule has 6 heteroatoms. The van der Waals surface area contributed by atoms with Crippen molar-refractivity contribution in [3.05, 3.63) is 29.8 Å². The van der Waals surface area contributed by atoms with E-state index in [1.165, 1.54) is 0 Å². The molecule has 0 spiro atoms. The lowest BCUT2D eigenvalue weighted by molar-refractivity contribution is -0.115. The van der Waals surface area contributed by atoms with Crippen molar-refractivity contribution in [2.24, 2.45) is 5.73 Å². The highest BCUT2D eigenvalue weighted by Gasteiger charge is 2.08. The summed E-state index contributed by atoms with van der Waals surface area (Å²) in [5.41, 5.74) is 4.84. The van der Waals surface area contributed by atoms with E-state index in [1.54, 1.807) is 0 Å². The zero-order valence-electron chi connectivity index (χ0n) is 7.68. The van der Waals surface area contributed by atoms with Crippen LogP contribution in [0.5, 0.6) is 0 Å². The molecule has 0 bridgehead atoms. The highest BCUT2D eigenvalue weighted by Crippen LogP contribution is 2.14. The molecular weight excluding hydrogens is 204 g/mol. The van der Waals surface area contributed by atoms with Crippen molar-refractivity contribution in [2.45, 2.75) is 6.42 Å². The van der Waals surface area contributed by atoms with Gasteiger partial charge < -0.3 is 11.1 Å². The summed E-state index contributed by atoms with van der Waals surface area (Å²) in [6.07, 6.45) is -0.323. The lowest BCUT2D eigenvalue weighted by Gasteiger charge is -2.05. The third-order valence-electron chi connectivity index (χ3n) is 1.56. The molecule has 0 atom stereocenters. The molecule has 0 radical (unpaired) electrons. The topological polar surface area (TPSA) is 79.0 Å². The Hall–Kier alpha value is -1.98. The molecule has 4 N–H and O–H groups in total. The van der Waals surface area contributed by atoms with Gasteiger partial charge in [0.1, 0.15) is 17.5 Å². The van der Waals surface area contributed by atoms with Crippen molar-refractivity contribution in [3.8, 4) is 0 Å². The predicted molar refractivity (Wildman–Crippen MR) is 51.5 cm³/mol. The number of rotatable bonds is 3. The van der Waals surface area contributed by atoms with Crippen molar-refractivity contribution in [1.82, 2.24) is 0 Å². The lowest BCUT2D eigenvalue weighted by Crippen LogP contribution is -2.21. The predicted octanol–water partition coefficient (Wildman–Crippen LogP) is 1.23. The maximum absolute atomic E-state index is 13.0. The monoisotopic (exact) mass is 213 g/mol. The van der Waals surface area contributed by atoms with Crippen LogP contribution in [-0.2, 0) is 4.79 Å². The molecule has 0 aliphatic heterocycles. The standard InChI is InChI=1S/C9H9F2N3O/c10-5-1-2-7(6(11)3-5)14-9(15)4-8(12)13/h1-3H,4H2,(H3,12,13)(H,14,15). The van der Waals surface area contributed by atoms with Crippen LogP contribution in [0.25, 0.3) is 0 Å². The van der Waals surface area contributed by atoms with Gasteiger partial charge in [-0.3, -0.25) is 10.2 Å². The molecule has 1 aromatic rings. The molecule has 0 saturated heterocycles. The SMILES string of the molecule is N=C(N)CC(=O)Nc1ccc(F)cc1F. The van der Waals surface area contributed by atoms with Crippen LogP contribution in [0.4, 0.5) is 14.5 Å². The van der Waals surface area contributed by atoms with Crippen LogP contribution < -0.4 is 11.1 Å². The molecule has 1 amide bonds. The quantitative estimate of drug-likeness (QED) is 0.521. The van der Waals surface area contributed by atoms with E-state index in [0.29, 0.717) is 6.07 Å². The fourth-order valence-corrected chi connectivity index (χ4v) is 0.958. The molecule has 0 heterocycles. The fourth-order valence-electron chi connectivity index (χ4n) is 0.958. The molecule has 0 aliphatic carbocycles. The van der Waals surface area contributed by atoms with Gasteiger partial charge in [0.2, 0.25) is 5.91 Å². The Morgan fingerprint density at radius 1 is 1.47 bits per heavy atom.